The maximum Gasteiger partial charge on any atom is 0.306 e. The lowest BCUT2D eigenvalue weighted by atomic mass is 9.93. The van der Waals surface area contributed by atoms with E-state index in [1.807, 2.05) is 36.1 Å². The number of hydrogen-bond donors (Lipinski definition) is 1. The first-order valence-corrected chi connectivity index (χ1v) is 8.88. The van der Waals surface area contributed by atoms with Crippen molar-refractivity contribution in [3.8, 4) is 0 Å². The number of carboxylic acid groups (broad SMARTS) is 1. The van der Waals surface area contributed by atoms with Crippen molar-refractivity contribution >= 4 is 23.3 Å². The van der Waals surface area contributed by atoms with Gasteiger partial charge in [0.05, 0.1) is 5.92 Å². The molecule has 0 bridgehead atoms. The first kappa shape index (κ1) is 17.5. The van der Waals surface area contributed by atoms with Crippen molar-refractivity contribution in [2.75, 3.05) is 31.1 Å². The van der Waals surface area contributed by atoms with Crippen LogP contribution in [0.2, 0.25) is 0 Å². The molecule has 25 heavy (non-hydrogen) atoms. The number of hydrogen-bond acceptors (Lipinski definition) is 4. The molecule has 134 valence electrons. The van der Waals surface area contributed by atoms with Crippen molar-refractivity contribution in [2.45, 2.75) is 32.1 Å². The number of carbonyl (C=O) groups excluding carboxylic acids is 2. The summed E-state index contributed by atoms with van der Waals surface area (Å²) in [6.45, 7) is 4.68. The summed E-state index contributed by atoms with van der Waals surface area (Å²) < 4.78 is 0. The standard InChI is InChI=1S/C19H24N2O4/c1-2-18(23)21-9-7-20(8-10-21)16-6-4-3-5-14(16)15-11-13(19(24)25)12-17(15)22/h3-6,13,15H,2,7-12H2,1H3,(H,24,25)/t13-,15-/m1/s1. The molecule has 2 fully saturated rings. The summed E-state index contributed by atoms with van der Waals surface area (Å²) >= 11 is 0. The van der Waals surface area contributed by atoms with Gasteiger partial charge in [0, 0.05) is 50.6 Å². The summed E-state index contributed by atoms with van der Waals surface area (Å²) in [7, 11) is 0. The van der Waals surface area contributed by atoms with E-state index in [0.717, 1.165) is 24.3 Å². The average Bonchev–Trinajstić information content (AvgIpc) is 3.03. The highest BCUT2D eigenvalue weighted by Crippen LogP contribution is 2.40. The fraction of sp³-hybridized carbons (Fsp3) is 0.526. The number of Topliss-reactive ketones (excluding diaryl/α,β-unsaturated/α-hetero) is 1. The number of anilines is 1. The SMILES string of the molecule is CCC(=O)N1CCN(c2ccccc2[C@H]2C[C@@H](C(=O)O)CC2=O)CC1. The van der Waals surface area contributed by atoms with E-state index in [4.69, 9.17) is 0 Å². The number of aliphatic carboxylic acids is 1. The molecule has 1 aromatic rings. The Bertz CT molecular complexity index is 680. The van der Waals surface area contributed by atoms with E-state index in [1.165, 1.54) is 0 Å². The van der Waals surface area contributed by atoms with Crippen LogP contribution < -0.4 is 4.90 Å². The first-order valence-electron chi connectivity index (χ1n) is 8.88. The number of carboxylic acids is 1. The van der Waals surface area contributed by atoms with Gasteiger partial charge in [-0.05, 0) is 18.1 Å². The smallest absolute Gasteiger partial charge is 0.306 e. The monoisotopic (exact) mass is 344 g/mol. The van der Waals surface area contributed by atoms with E-state index in [9.17, 15) is 19.5 Å². The highest BCUT2D eigenvalue weighted by molar-refractivity contribution is 5.94. The molecule has 1 amide bonds. The number of carbonyl (C=O) groups is 3. The van der Waals surface area contributed by atoms with Gasteiger partial charge in [0.1, 0.15) is 5.78 Å². The molecule has 1 saturated heterocycles. The largest absolute Gasteiger partial charge is 0.481 e. The van der Waals surface area contributed by atoms with E-state index in [2.05, 4.69) is 4.90 Å². The third-order valence-electron chi connectivity index (χ3n) is 5.29. The minimum absolute atomic E-state index is 0.0136. The highest BCUT2D eigenvalue weighted by Gasteiger charge is 2.39. The van der Waals surface area contributed by atoms with Crippen LogP contribution in [0, 0.1) is 5.92 Å². The number of amides is 1. The lowest BCUT2D eigenvalue weighted by molar-refractivity contribution is -0.142. The lowest BCUT2D eigenvalue weighted by Crippen LogP contribution is -2.49. The molecule has 1 heterocycles. The Morgan fingerprint density at radius 1 is 1.16 bits per heavy atom. The second kappa shape index (κ2) is 7.25. The van der Waals surface area contributed by atoms with Crippen LogP contribution in [0.1, 0.15) is 37.7 Å². The van der Waals surface area contributed by atoms with Gasteiger partial charge in [0.2, 0.25) is 5.91 Å². The van der Waals surface area contributed by atoms with Crippen molar-refractivity contribution in [1.82, 2.24) is 4.90 Å². The van der Waals surface area contributed by atoms with Crippen LogP contribution >= 0.6 is 0 Å². The minimum Gasteiger partial charge on any atom is -0.481 e. The Morgan fingerprint density at radius 3 is 2.44 bits per heavy atom. The molecule has 2 atom stereocenters. The lowest BCUT2D eigenvalue weighted by Gasteiger charge is -2.37. The molecule has 0 unspecified atom stereocenters. The van der Waals surface area contributed by atoms with Gasteiger partial charge in [0.15, 0.2) is 0 Å². The zero-order valence-corrected chi connectivity index (χ0v) is 14.5. The van der Waals surface area contributed by atoms with E-state index < -0.39 is 11.9 Å². The number of para-hydroxylation sites is 1. The molecule has 3 rings (SSSR count). The van der Waals surface area contributed by atoms with Gasteiger partial charge in [0.25, 0.3) is 0 Å². The highest BCUT2D eigenvalue weighted by atomic mass is 16.4. The van der Waals surface area contributed by atoms with Crippen molar-refractivity contribution in [3.05, 3.63) is 29.8 Å². The topological polar surface area (TPSA) is 77.9 Å². The molecule has 1 aromatic carbocycles. The molecule has 1 aliphatic carbocycles. The van der Waals surface area contributed by atoms with E-state index in [0.29, 0.717) is 25.9 Å². The Labute approximate surface area is 147 Å². The van der Waals surface area contributed by atoms with E-state index >= 15 is 0 Å². The van der Waals surface area contributed by atoms with Crippen LogP contribution in [-0.2, 0) is 14.4 Å². The molecule has 1 saturated carbocycles. The molecule has 1 N–H and O–H groups in total. The van der Waals surface area contributed by atoms with Crippen molar-refractivity contribution in [1.29, 1.82) is 0 Å². The predicted octanol–water partition coefficient (Wildman–Crippen LogP) is 1.89. The van der Waals surface area contributed by atoms with Gasteiger partial charge in [-0.15, -0.1) is 0 Å². The molecule has 6 nitrogen and oxygen atoms in total. The number of nitrogens with zero attached hydrogens (tertiary/aromatic N) is 2. The van der Waals surface area contributed by atoms with Crippen LogP contribution in [0.5, 0.6) is 0 Å². The molecule has 0 radical (unpaired) electrons. The number of rotatable bonds is 4. The quantitative estimate of drug-likeness (QED) is 0.902. The summed E-state index contributed by atoms with van der Waals surface area (Å²) in [6, 6.07) is 7.77. The van der Waals surface area contributed by atoms with Crippen molar-refractivity contribution in [2.24, 2.45) is 5.92 Å². The Morgan fingerprint density at radius 2 is 1.84 bits per heavy atom. The number of benzene rings is 1. The fourth-order valence-corrected chi connectivity index (χ4v) is 3.86. The molecular weight excluding hydrogens is 320 g/mol. The fourth-order valence-electron chi connectivity index (χ4n) is 3.86. The molecule has 0 spiro atoms. The second-order valence-corrected chi connectivity index (χ2v) is 6.77. The molecule has 0 aromatic heterocycles. The number of piperazine rings is 1. The van der Waals surface area contributed by atoms with E-state index in [1.54, 1.807) is 0 Å². The normalized spacial score (nSPS) is 23.8. The van der Waals surface area contributed by atoms with Gasteiger partial charge in [-0.25, -0.2) is 0 Å². The molecule has 1 aliphatic heterocycles. The second-order valence-electron chi connectivity index (χ2n) is 6.77. The maximum absolute atomic E-state index is 12.4. The zero-order chi connectivity index (χ0) is 18.0. The summed E-state index contributed by atoms with van der Waals surface area (Å²) in [5, 5.41) is 9.22. The van der Waals surface area contributed by atoms with Crippen LogP contribution in [0.3, 0.4) is 0 Å². The Kier molecular flexibility index (Phi) is 5.06. The van der Waals surface area contributed by atoms with Gasteiger partial charge in [-0.1, -0.05) is 25.1 Å². The van der Waals surface area contributed by atoms with Crippen LogP contribution in [0.4, 0.5) is 5.69 Å². The Balaban J connectivity index is 1.77. The van der Waals surface area contributed by atoms with Gasteiger partial charge in [-0.2, -0.15) is 0 Å². The average molecular weight is 344 g/mol. The molecular formula is C19H24N2O4. The minimum atomic E-state index is -0.889. The third kappa shape index (κ3) is 3.52. The zero-order valence-electron chi connectivity index (χ0n) is 14.5. The van der Waals surface area contributed by atoms with Crippen molar-refractivity contribution < 1.29 is 19.5 Å². The van der Waals surface area contributed by atoms with Crippen LogP contribution in [0.25, 0.3) is 0 Å². The third-order valence-corrected chi connectivity index (χ3v) is 5.29. The summed E-state index contributed by atoms with van der Waals surface area (Å²) in [6.07, 6.45) is 1.01. The predicted molar refractivity (Wildman–Crippen MR) is 93.6 cm³/mol. The first-order chi connectivity index (χ1) is 12.0. The molecule has 6 heteroatoms. The van der Waals surface area contributed by atoms with Crippen LogP contribution in [-0.4, -0.2) is 53.8 Å². The van der Waals surface area contributed by atoms with Gasteiger partial charge < -0.3 is 14.9 Å². The van der Waals surface area contributed by atoms with E-state index in [-0.39, 0.29) is 24.0 Å². The van der Waals surface area contributed by atoms with Gasteiger partial charge >= 0.3 is 5.97 Å². The van der Waals surface area contributed by atoms with Crippen molar-refractivity contribution in [3.63, 3.8) is 0 Å². The number of ketones is 1. The Hall–Kier alpha value is -2.37. The summed E-state index contributed by atoms with van der Waals surface area (Å²) in [4.78, 5) is 39.5. The maximum atomic E-state index is 12.4. The molecule has 2 aliphatic rings. The summed E-state index contributed by atoms with van der Waals surface area (Å²) in [5.41, 5.74) is 1.92. The van der Waals surface area contributed by atoms with Gasteiger partial charge in [-0.3, -0.25) is 14.4 Å². The van der Waals surface area contributed by atoms with Crippen LogP contribution in [0.15, 0.2) is 24.3 Å². The summed E-state index contributed by atoms with van der Waals surface area (Å²) in [5.74, 6) is -1.62.